The van der Waals surface area contributed by atoms with Crippen LogP contribution in [0.1, 0.15) is 25.1 Å². The Balaban J connectivity index is 2.16. The van der Waals surface area contributed by atoms with Crippen molar-refractivity contribution < 1.29 is 0 Å². The number of fused-ring (bicyclic) bond motifs is 1. The molecule has 0 aromatic carbocycles. The number of hydrogen-bond donors (Lipinski definition) is 2. The summed E-state index contributed by atoms with van der Waals surface area (Å²) in [4.78, 5) is 17.4. The lowest BCUT2D eigenvalue weighted by Crippen LogP contribution is -2.24. The molecule has 0 saturated carbocycles. The fourth-order valence-corrected chi connectivity index (χ4v) is 2.43. The second-order valence-electron chi connectivity index (χ2n) is 5.38. The van der Waals surface area contributed by atoms with Gasteiger partial charge in [-0.3, -0.25) is 9.97 Å². The van der Waals surface area contributed by atoms with Gasteiger partial charge in [-0.1, -0.05) is 0 Å². The highest BCUT2D eigenvalue weighted by Gasteiger charge is 2.16. The van der Waals surface area contributed by atoms with Crippen molar-refractivity contribution in [3.63, 3.8) is 0 Å². The van der Waals surface area contributed by atoms with Crippen LogP contribution >= 0.6 is 0 Å². The Hall–Kier alpha value is -2.44. The Morgan fingerprint density at radius 1 is 1.00 bits per heavy atom. The molecule has 0 aliphatic carbocycles. The third-order valence-corrected chi connectivity index (χ3v) is 3.44. The van der Waals surface area contributed by atoms with Crippen molar-refractivity contribution in [3.8, 4) is 11.4 Å². The molecular formula is C16H18N6. The van der Waals surface area contributed by atoms with E-state index >= 15 is 0 Å². The van der Waals surface area contributed by atoms with Crippen LogP contribution in [0.3, 0.4) is 0 Å². The predicted octanol–water partition coefficient (Wildman–Crippen LogP) is 1.82. The van der Waals surface area contributed by atoms with Gasteiger partial charge in [0.1, 0.15) is 0 Å². The zero-order valence-corrected chi connectivity index (χ0v) is 12.3. The molecule has 2 unspecified atom stereocenters. The van der Waals surface area contributed by atoms with Gasteiger partial charge in [-0.15, -0.1) is 0 Å². The van der Waals surface area contributed by atoms with Gasteiger partial charge >= 0.3 is 0 Å². The van der Waals surface area contributed by atoms with E-state index in [1.807, 2.05) is 25.1 Å². The Kier molecular flexibility index (Phi) is 4.04. The molecule has 0 amide bonds. The monoisotopic (exact) mass is 294 g/mol. The van der Waals surface area contributed by atoms with Crippen LogP contribution in [0, 0.1) is 0 Å². The Morgan fingerprint density at radius 2 is 1.73 bits per heavy atom. The lowest BCUT2D eigenvalue weighted by atomic mass is 10.0. The molecule has 3 aromatic heterocycles. The molecule has 3 heterocycles. The van der Waals surface area contributed by atoms with Crippen LogP contribution in [0.15, 0.2) is 43.0 Å². The topological polar surface area (TPSA) is 104 Å². The fraction of sp³-hybridized carbons (Fsp3) is 0.250. The third kappa shape index (κ3) is 2.93. The van der Waals surface area contributed by atoms with E-state index < -0.39 is 0 Å². The first-order valence-corrected chi connectivity index (χ1v) is 7.18. The molecule has 0 radical (unpaired) electrons. The summed E-state index contributed by atoms with van der Waals surface area (Å²) in [5, 5.41) is 0.918. The van der Waals surface area contributed by atoms with Gasteiger partial charge in [0, 0.05) is 41.6 Å². The number of hydrogen-bond acceptors (Lipinski definition) is 6. The van der Waals surface area contributed by atoms with Gasteiger partial charge in [0.15, 0.2) is 5.82 Å². The third-order valence-electron chi connectivity index (χ3n) is 3.44. The van der Waals surface area contributed by atoms with Crippen molar-refractivity contribution in [2.24, 2.45) is 11.5 Å². The standard InChI is InChI=1S/C16H18N6/c1-10(17)8-13(18)15-12-4-7-20-9-14(12)21-16(22-15)11-2-5-19-6-3-11/h2-7,9-10,13H,8,17-18H2,1H3. The molecule has 6 nitrogen and oxygen atoms in total. The van der Waals surface area contributed by atoms with Gasteiger partial charge in [0.2, 0.25) is 0 Å². The largest absolute Gasteiger partial charge is 0.328 e. The summed E-state index contributed by atoms with van der Waals surface area (Å²) >= 11 is 0. The predicted molar refractivity (Wildman–Crippen MR) is 85.8 cm³/mol. The Labute approximate surface area is 128 Å². The molecule has 22 heavy (non-hydrogen) atoms. The van der Waals surface area contributed by atoms with Crippen LogP contribution in [0.4, 0.5) is 0 Å². The van der Waals surface area contributed by atoms with Gasteiger partial charge < -0.3 is 11.5 Å². The van der Waals surface area contributed by atoms with Crippen molar-refractivity contribution in [3.05, 3.63) is 48.7 Å². The number of nitrogens with two attached hydrogens (primary N) is 2. The highest BCUT2D eigenvalue weighted by atomic mass is 14.9. The Bertz CT molecular complexity index is 772. The van der Waals surface area contributed by atoms with Crippen LogP contribution in [0.5, 0.6) is 0 Å². The minimum absolute atomic E-state index is 0.00577. The lowest BCUT2D eigenvalue weighted by molar-refractivity contribution is 0.561. The van der Waals surface area contributed by atoms with Crippen molar-refractivity contribution in [2.45, 2.75) is 25.4 Å². The lowest BCUT2D eigenvalue weighted by Gasteiger charge is -2.16. The van der Waals surface area contributed by atoms with Crippen LogP contribution in [-0.2, 0) is 0 Å². The molecule has 0 aliphatic rings. The highest BCUT2D eigenvalue weighted by molar-refractivity contribution is 5.82. The van der Waals surface area contributed by atoms with E-state index in [1.165, 1.54) is 0 Å². The molecule has 4 N–H and O–H groups in total. The average Bonchev–Trinajstić information content (AvgIpc) is 2.54. The minimum Gasteiger partial charge on any atom is -0.328 e. The van der Waals surface area contributed by atoms with Crippen molar-refractivity contribution in [1.29, 1.82) is 0 Å². The summed E-state index contributed by atoms with van der Waals surface area (Å²) in [5.41, 5.74) is 14.7. The van der Waals surface area contributed by atoms with Crippen LogP contribution in [0.25, 0.3) is 22.3 Å². The summed E-state index contributed by atoms with van der Waals surface area (Å²) in [6.07, 6.45) is 7.54. The van der Waals surface area contributed by atoms with Crippen LogP contribution in [0.2, 0.25) is 0 Å². The van der Waals surface area contributed by atoms with Crippen LogP contribution in [-0.4, -0.2) is 26.0 Å². The summed E-state index contributed by atoms with van der Waals surface area (Å²) < 4.78 is 0. The number of aromatic nitrogens is 4. The van der Waals surface area contributed by atoms with Gasteiger partial charge in [-0.2, -0.15) is 0 Å². The molecule has 0 saturated heterocycles. The fourth-order valence-electron chi connectivity index (χ4n) is 2.43. The molecule has 0 bridgehead atoms. The first-order valence-electron chi connectivity index (χ1n) is 7.18. The minimum atomic E-state index is -0.242. The van der Waals surface area contributed by atoms with Crippen LogP contribution < -0.4 is 11.5 Å². The second-order valence-corrected chi connectivity index (χ2v) is 5.38. The van der Waals surface area contributed by atoms with Crippen molar-refractivity contribution >= 4 is 10.9 Å². The van der Waals surface area contributed by atoms with E-state index in [2.05, 4.69) is 19.9 Å². The Morgan fingerprint density at radius 3 is 2.45 bits per heavy atom. The summed E-state index contributed by atoms with van der Waals surface area (Å²) in [7, 11) is 0. The van der Waals surface area contributed by atoms with E-state index in [0.717, 1.165) is 22.2 Å². The van der Waals surface area contributed by atoms with Gasteiger partial charge in [0.25, 0.3) is 0 Å². The molecule has 2 atom stereocenters. The molecule has 6 heteroatoms. The number of pyridine rings is 2. The van der Waals surface area contributed by atoms with E-state index in [-0.39, 0.29) is 12.1 Å². The maximum absolute atomic E-state index is 6.31. The van der Waals surface area contributed by atoms with Crippen molar-refractivity contribution in [1.82, 2.24) is 19.9 Å². The normalized spacial score (nSPS) is 14.0. The van der Waals surface area contributed by atoms with Crippen molar-refractivity contribution in [2.75, 3.05) is 0 Å². The molecule has 112 valence electrons. The first-order chi connectivity index (χ1) is 10.6. The van der Waals surface area contributed by atoms with E-state index in [4.69, 9.17) is 11.5 Å². The smallest absolute Gasteiger partial charge is 0.160 e. The maximum atomic E-state index is 6.31. The molecule has 3 rings (SSSR count). The molecular weight excluding hydrogens is 276 g/mol. The highest BCUT2D eigenvalue weighted by Crippen LogP contribution is 2.25. The zero-order valence-electron chi connectivity index (χ0n) is 12.3. The number of nitrogens with zero attached hydrogens (tertiary/aromatic N) is 4. The molecule has 3 aromatic rings. The van der Waals surface area contributed by atoms with E-state index in [0.29, 0.717) is 12.2 Å². The first kappa shape index (κ1) is 14.5. The summed E-state index contributed by atoms with van der Waals surface area (Å²) in [6.45, 7) is 1.94. The molecule has 0 fully saturated rings. The summed E-state index contributed by atoms with van der Waals surface area (Å²) in [5.74, 6) is 0.623. The quantitative estimate of drug-likeness (QED) is 0.760. The summed E-state index contributed by atoms with van der Waals surface area (Å²) in [6, 6.07) is 5.40. The maximum Gasteiger partial charge on any atom is 0.160 e. The van der Waals surface area contributed by atoms with Gasteiger partial charge in [-0.05, 0) is 31.5 Å². The second kappa shape index (κ2) is 6.13. The number of rotatable bonds is 4. The molecule has 0 spiro atoms. The SMILES string of the molecule is CC(N)CC(N)c1nc(-c2ccncc2)nc2cnccc12. The van der Waals surface area contributed by atoms with E-state index in [1.54, 1.807) is 24.8 Å². The van der Waals surface area contributed by atoms with Gasteiger partial charge in [0.05, 0.1) is 17.4 Å². The van der Waals surface area contributed by atoms with E-state index in [9.17, 15) is 0 Å². The van der Waals surface area contributed by atoms with Gasteiger partial charge in [-0.25, -0.2) is 9.97 Å². The molecule has 0 aliphatic heterocycles. The zero-order chi connectivity index (χ0) is 15.5. The average molecular weight is 294 g/mol.